The Hall–Kier alpha value is -2.93. The van der Waals surface area contributed by atoms with E-state index >= 15 is 0 Å². The van der Waals surface area contributed by atoms with Crippen molar-refractivity contribution < 1.29 is 58.2 Å². The van der Waals surface area contributed by atoms with Crippen LogP contribution in [0.2, 0.25) is 0 Å². The van der Waals surface area contributed by atoms with Crippen LogP contribution in [-0.2, 0) is 23.8 Å². The summed E-state index contributed by atoms with van der Waals surface area (Å²) in [5.74, 6) is -3.28. The third kappa shape index (κ3) is 9.25. The van der Waals surface area contributed by atoms with E-state index in [4.69, 9.17) is 14.2 Å². The molecule has 1 aromatic rings. The Morgan fingerprint density at radius 2 is 1.92 bits per heavy atom. The number of aliphatic hydroxyl groups is 3. The molecule has 17 heteroatoms. The highest BCUT2D eigenvalue weighted by Crippen LogP contribution is 2.38. The molecule has 3 aliphatic rings. The van der Waals surface area contributed by atoms with Gasteiger partial charge in [0.25, 0.3) is 5.91 Å². The van der Waals surface area contributed by atoms with E-state index in [-0.39, 0.29) is 23.0 Å². The van der Waals surface area contributed by atoms with Crippen LogP contribution in [0.3, 0.4) is 0 Å². The molecule has 3 aliphatic heterocycles. The molecule has 0 radical (unpaired) electrons. The van der Waals surface area contributed by atoms with E-state index in [1.165, 1.54) is 19.1 Å². The highest BCUT2D eigenvalue weighted by atomic mass is 79.9. The maximum Gasteiger partial charge on any atom is 0.410 e. The summed E-state index contributed by atoms with van der Waals surface area (Å²) < 4.78 is 31.1. The van der Waals surface area contributed by atoms with Gasteiger partial charge in [-0.25, -0.2) is 14.0 Å². The van der Waals surface area contributed by atoms with Gasteiger partial charge in [0, 0.05) is 58.1 Å². The molecule has 3 amide bonds. The number of hydrogen-bond donors (Lipinski definition) is 6. The largest absolute Gasteiger partial charge is 0.479 e. The van der Waals surface area contributed by atoms with Crippen molar-refractivity contribution in [1.29, 1.82) is 0 Å². The number of aliphatic carboxylic acids is 1. The van der Waals surface area contributed by atoms with Gasteiger partial charge in [-0.05, 0) is 61.3 Å². The molecule has 0 unspecified atom stereocenters. The van der Waals surface area contributed by atoms with Crippen molar-refractivity contribution in [2.24, 2.45) is 0 Å². The Morgan fingerprint density at radius 1 is 1.20 bits per heavy atom. The number of likely N-dealkylation sites (tertiary alicyclic amines) is 1. The minimum Gasteiger partial charge on any atom is -0.479 e. The number of carbonyl (C=O) groups excluding carboxylic acids is 3. The number of ether oxygens (including phenoxy) is 3. The second-order valence-electron chi connectivity index (χ2n) is 13.9. The van der Waals surface area contributed by atoms with Crippen molar-refractivity contribution in [2.75, 3.05) is 45.9 Å². The normalized spacial score (nSPS) is 28.9. The van der Waals surface area contributed by atoms with Crippen molar-refractivity contribution in [2.45, 2.75) is 94.2 Å². The van der Waals surface area contributed by atoms with E-state index in [1.54, 1.807) is 25.7 Å². The number of carbonyl (C=O) groups is 4. The summed E-state index contributed by atoms with van der Waals surface area (Å²) in [6.45, 7) is 7.95. The van der Waals surface area contributed by atoms with Gasteiger partial charge in [0.15, 0.2) is 5.60 Å². The lowest BCUT2D eigenvalue weighted by Crippen LogP contribution is -2.68. The summed E-state index contributed by atoms with van der Waals surface area (Å²) in [7, 11) is 0. The first-order chi connectivity index (χ1) is 22.9. The number of halogens is 2. The average Bonchev–Trinajstić information content (AvgIpc) is 3.44. The van der Waals surface area contributed by atoms with Crippen LogP contribution in [-0.4, -0.2) is 147 Å². The van der Waals surface area contributed by atoms with E-state index in [0.717, 1.165) is 6.07 Å². The van der Waals surface area contributed by atoms with Crippen molar-refractivity contribution >= 4 is 39.8 Å². The van der Waals surface area contributed by atoms with Gasteiger partial charge in [-0.1, -0.05) is 0 Å². The third-order valence-corrected chi connectivity index (χ3v) is 9.74. The fourth-order valence-electron chi connectivity index (χ4n) is 6.59. The Bertz CT molecular complexity index is 1400. The van der Waals surface area contributed by atoms with Gasteiger partial charge in [-0.2, -0.15) is 0 Å². The SMILES string of the molecule is CC(=O)N[C@H]1[C@H]([C@H](O)[C@H](O)CNC(=O)c2ccc(F)c(Br)c2)O[C@@](CCN2CCOC[C@@]23CCN(C(=O)OC(C)(C)C)C3)(C(=O)O)C[C@@H]1O. The van der Waals surface area contributed by atoms with Crippen LogP contribution in [0.4, 0.5) is 9.18 Å². The number of morpholine rings is 1. The molecule has 274 valence electrons. The maximum atomic E-state index is 13.6. The summed E-state index contributed by atoms with van der Waals surface area (Å²) in [5.41, 5.74) is -3.28. The zero-order valence-electron chi connectivity index (χ0n) is 28.0. The predicted molar refractivity (Wildman–Crippen MR) is 174 cm³/mol. The maximum absolute atomic E-state index is 13.6. The van der Waals surface area contributed by atoms with Crippen LogP contribution in [0.15, 0.2) is 22.7 Å². The summed E-state index contributed by atoms with van der Waals surface area (Å²) in [5, 5.41) is 48.8. The highest BCUT2D eigenvalue weighted by molar-refractivity contribution is 9.10. The molecule has 49 heavy (non-hydrogen) atoms. The molecule has 3 saturated heterocycles. The molecular weight excluding hydrogens is 715 g/mol. The van der Waals surface area contributed by atoms with E-state index in [2.05, 4.69) is 26.6 Å². The second kappa shape index (κ2) is 15.5. The number of aliphatic hydroxyl groups excluding tert-OH is 3. The number of nitrogens with one attached hydrogen (secondary N) is 2. The molecule has 3 fully saturated rings. The highest BCUT2D eigenvalue weighted by Gasteiger charge is 2.55. The molecule has 0 bridgehead atoms. The fraction of sp³-hybridized carbons (Fsp3) is 0.688. The summed E-state index contributed by atoms with van der Waals surface area (Å²) in [6.07, 6.45) is -7.22. The average molecular weight is 762 g/mol. The Balaban J connectivity index is 1.50. The van der Waals surface area contributed by atoms with E-state index in [9.17, 15) is 44.0 Å². The van der Waals surface area contributed by atoms with Gasteiger partial charge >= 0.3 is 12.1 Å². The van der Waals surface area contributed by atoms with Crippen molar-refractivity contribution in [3.05, 3.63) is 34.1 Å². The lowest BCUT2D eigenvalue weighted by atomic mass is 9.81. The molecule has 0 aliphatic carbocycles. The number of carboxylic acid groups (broad SMARTS) is 1. The van der Waals surface area contributed by atoms with Crippen molar-refractivity contribution in [3.8, 4) is 0 Å². The zero-order valence-corrected chi connectivity index (χ0v) is 29.6. The summed E-state index contributed by atoms with van der Waals surface area (Å²) in [4.78, 5) is 54.1. The van der Waals surface area contributed by atoms with Crippen LogP contribution in [0, 0.1) is 5.82 Å². The van der Waals surface area contributed by atoms with Gasteiger partial charge in [0.05, 0.1) is 41.5 Å². The number of nitrogens with zero attached hydrogens (tertiary/aromatic N) is 2. The molecular formula is C32H46BrFN4O11. The van der Waals surface area contributed by atoms with Gasteiger partial charge in [0.1, 0.15) is 23.6 Å². The van der Waals surface area contributed by atoms with Crippen LogP contribution >= 0.6 is 15.9 Å². The predicted octanol–water partition coefficient (Wildman–Crippen LogP) is 0.620. The molecule has 4 rings (SSSR count). The Labute approximate surface area is 292 Å². The van der Waals surface area contributed by atoms with Crippen LogP contribution in [0.5, 0.6) is 0 Å². The lowest BCUT2D eigenvalue weighted by molar-refractivity contribution is -0.231. The molecule has 6 N–H and O–H groups in total. The smallest absolute Gasteiger partial charge is 0.410 e. The minimum absolute atomic E-state index is 0.0461. The quantitative estimate of drug-likeness (QED) is 0.194. The first kappa shape index (κ1) is 38.9. The van der Waals surface area contributed by atoms with Gasteiger partial charge in [0.2, 0.25) is 5.91 Å². The standard InChI is InChI=1S/C32H46BrFN4O11/c1-18(39)36-24-22(40)14-32(28(44)45,48-26(24)25(42)23(41)15-35-27(43)19-5-6-21(34)20(33)13-19)8-10-38-11-12-47-17-31(38)7-9-37(16-31)29(46)49-30(2,3)4/h5-6,13,22-26,40-42H,7-12,14-17H2,1-4H3,(H,35,43)(H,36,39)(H,44,45)/t22-,23+,24+,25+,26+,31-,32+/m0/s1. The molecule has 1 aromatic carbocycles. The van der Waals surface area contributed by atoms with Crippen molar-refractivity contribution in [3.63, 3.8) is 0 Å². The molecule has 15 nitrogen and oxygen atoms in total. The first-order valence-electron chi connectivity index (χ1n) is 16.1. The summed E-state index contributed by atoms with van der Waals surface area (Å²) >= 11 is 3.00. The lowest BCUT2D eigenvalue weighted by Gasteiger charge is -2.49. The third-order valence-electron chi connectivity index (χ3n) is 9.13. The van der Waals surface area contributed by atoms with Gasteiger partial charge in [-0.3, -0.25) is 14.5 Å². The number of rotatable bonds is 10. The van der Waals surface area contributed by atoms with E-state index in [0.29, 0.717) is 39.3 Å². The molecule has 3 heterocycles. The number of carboxylic acids is 1. The molecule has 7 atom stereocenters. The Morgan fingerprint density at radius 3 is 2.55 bits per heavy atom. The van der Waals surface area contributed by atoms with Crippen LogP contribution in [0.25, 0.3) is 0 Å². The molecule has 1 spiro atoms. The number of amides is 3. The monoisotopic (exact) mass is 760 g/mol. The zero-order chi connectivity index (χ0) is 36.3. The molecule has 0 aromatic heterocycles. The van der Waals surface area contributed by atoms with E-state index in [1.807, 2.05) is 4.90 Å². The minimum atomic E-state index is -2.05. The van der Waals surface area contributed by atoms with Crippen molar-refractivity contribution in [1.82, 2.24) is 20.4 Å². The number of benzene rings is 1. The summed E-state index contributed by atoms with van der Waals surface area (Å²) in [6, 6.07) is 2.24. The first-order valence-corrected chi connectivity index (χ1v) is 16.9. The van der Waals surface area contributed by atoms with Crippen LogP contribution < -0.4 is 10.6 Å². The Kier molecular flexibility index (Phi) is 12.3. The van der Waals surface area contributed by atoms with Gasteiger partial charge < -0.3 is 50.2 Å². The van der Waals surface area contributed by atoms with Gasteiger partial charge in [-0.15, -0.1) is 0 Å². The van der Waals surface area contributed by atoms with Crippen LogP contribution in [0.1, 0.15) is 57.3 Å². The fourth-order valence-corrected chi connectivity index (χ4v) is 6.97. The topological polar surface area (TPSA) is 207 Å². The molecule has 0 saturated carbocycles. The van der Waals surface area contributed by atoms with E-state index < -0.39 is 89.9 Å². The second-order valence-corrected chi connectivity index (χ2v) is 14.8. The number of hydrogen-bond acceptors (Lipinski definition) is 11.